The summed E-state index contributed by atoms with van der Waals surface area (Å²) in [6.45, 7) is 6.66. The quantitative estimate of drug-likeness (QED) is 0.791. The normalized spacial score (nSPS) is 11.3. The molecule has 1 aromatic heterocycles. The third-order valence-electron chi connectivity index (χ3n) is 3.01. The zero-order chi connectivity index (χ0) is 13.2. The summed E-state index contributed by atoms with van der Waals surface area (Å²) in [6, 6.07) is 12.5. The van der Waals surface area contributed by atoms with Crippen LogP contribution in [0.3, 0.4) is 0 Å². The highest BCUT2D eigenvalue weighted by Crippen LogP contribution is 2.27. The Bertz CT molecular complexity index is 524. The third-order valence-corrected chi connectivity index (χ3v) is 3.01. The number of methoxy groups -OCH3 is 1. The van der Waals surface area contributed by atoms with Gasteiger partial charge in [0.1, 0.15) is 0 Å². The molecular formula is C16H19NO. The number of hydrogen-bond acceptors (Lipinski definition) is 2. The van der Waals surface area contributed by atoms with E-state index in [0.29, 0.717) is 5.88 Å². The van der Waals surface area contributed by atoms with Crippen LogP contribution in [-0.2, 0) is 5.41 Å². The van der Waals surface area contributed by atoms with Gasteiger partial charge < -0.3 is 4.74 Å². The fourth-order valence-corrected chi connectivity index (χ4v) is 1.84. The average molecular weight is 241 g/mol. The zero-order valence-electron chi connectivity index (χ0n) is 11.4. The first-order chi connectivity index (χ1) is 8.50. The van der Waals surface area contributed by atoms with Gasteiger partial charge in [0.05, 0.1) is 7.11 Å². The molecule has 2 heteroatoms. The van der Waals surface area contributed by atoms with Crippen molar-refractivity contribution in [3.63, 3.8) is 0 Å². The lowest BCUT2D eigenvalue weighted by molar-refractivity contribution is 0.398. The van der Waals surface area contributed by atoms with E-state index in [-0.39, 0.29) is 5.41 Å². The van der Waals surface area contributed by atoms with Gasteiger partial charge in [-0.2, -0.15) is 0 Å². The highest BCUT2D eigenvalue weighted by molar-refractivity contribution is 5.63. The smallest absolute Gasteiger partial charge is 0.212 e. The van der Waals surface area contributed by atoms with E-state index >= 15 is 0 Å². The van der Waals surface area contributed by atoms with Crippen molar-refractivity contribution in [2.75, 3.05) is 7.11 Å². The molecule has 2 rings (SSSR count). The molecule has 2 aromatic rings. The van der Waals surface area contributed by atoms with Crippen molar-refractivity contribution in [2.24, 2.45) is 0 Å². The second-order valence-electron chi connectivity index (χ2n) is 5.42. The Balaban J connectivity index is 2.38. The highest BCUT2D eigenvalue weighted by atomic mass is 16.5. The Hall–Kier alpha value is -1.83. The molecule has 18 heavy (non-hydrogen) atoms. The van der Waals surface area contributed by atoms with E-state index in [2.05, 4.69) is 50.0 Å². The molecule has 1 heterocycles. The summed E-state index contributed by atoms with van der Waals surface area (Å²) in [5, 5.41) is 0. The second kappa shape index (κ2) is 4.81. The van der Waals surface area contributed by atoms with E-state index < -0.39 is 0 Å². The van der Waals surface area contributed by atoms with Crippen LogP contribution < -0.4 is 4.74 Å². The maximum absolute atomic E-state index is 5.07. The lowest BCUT2D eigenvalue weighted by atomic mass is 9.85. The fourth-order valence-electron chi connectivity index (χ4n) is 1.84. The maximum Gasteiger partial charge on any atom is 0.212 e. The lowest BCUT2D eigenvalue weighted by Crippen LogP contribution is -2.10. The molecule has 0 radical (unpaired) electrons. The first-order valence-electron chi connectivity index (χ1n) is 6.11. The number of nitrogens with zero attached hydrogens (tertiary/aromatic N) is 1. The molecule has 94 valence electrons. The topological polar surface area (TPSA) is 22.1 Å². The Labute approximate surface area is 109 Å². The van der Waals surface area contributed by atoms with Crippen molar-refractivity contribution in [3.8, 4) is 17.0 Å². The van der Waals surface area contributed by atoms with Crippen molar-refractivity contribution in [3.05, 3.63) is 48.2 Å². The Morgan fingerprint density at radius 1 is 1.00 bits per heavy atom. The second-order valence-corrected chi connectivity index (χ2v) is 5.42. The standard InChI is InChI=1S/C16H19NO/c1-16(2,3)14-7-5-6-12(10-14)13-8-9-15(18-4)17-11-13/h5-11H,1-4H3. The molecule has 0 aliphatic carbocycles. The van der Waals surface area contributed by atoms with Crippen LogP contribution in [0.4, 0.5) is 0 Å². The van der Waals surface area contributed by atoms with E-state index in [9.17, 15) is 0 Å². The Kier molecular flexibility index (Phi) is 3.37. The fraction of sp³-hybridized carbons (Fsp3) is 0.312. The van der Waals surface area contributed by atoms with Crippen LogP contribution in [-0.4, -0.2) is 12.1 Å². The summed E-state index contributed by atoms with van der Waals surface area (Å²) in [6.07, 6.45) is 1.85. The van der Waals surface area contributed by atoms with Gasteiger partial charge in [-0.1, -0.05) is 45.0 Å². The van der Waals surface area contributed by atoms with Crippen molar-refractivity contribution in [1.82, 2.24) is 4.98 Å². The van der Waals surface area contributed by atoms with E-state index in [4.69, 9.17) is 4.74 Å². The van der Waals surface area contributed by atoms with Crippen molar-refractivity contribution < 1.29 is 4.74 Å². The number of hydrogen-bond donors (Lipinski definition) is 0. The first-order valence-corrected chi connectivity index (χ1v) is 6.11. The summed E-state index contributed by atoms with van der Waals surface area (Å²) in [7, 11) is 1.63. The molecule has 0 spiro atoms. The number of ether oxygens (including phenoxy) is 1. The summed E-state index contributed by atoms with van der Waals surface area (Å²) >= 11 is 0. The van der Waals surface area contributed by atoms with Gasteiger partial charge in [-0.05, 0) is 22.6 Å². The Morgan fingerprint density at radius 3 is 2.33 bits per heavy atom. The zero-order valence-corrected chi connectivity index (χ0v) is 11.4. The molecule has 0 aliphatic heterocycles. The van der Waals surface area contributed by atoms with Crippen LogP contribution in [0.25, 0.3) is 11.1 Å². The van der Waals surface area contributed by atoms with Gasteiger partial charge in [0, 0.05) is 17.8 Å². The van der Waals surface area contributed by atoms with E-state index in [1.165, 1.54) is 11.1 Å². The van der Waals surface area contributed by atoms with E-state index in [0.717, 1.165) is 5.56 Å². The van der Waals surface area contributed by atoms with Crippen molar-refractivity contribution >= 4 is 0 Å². The SMILES string of the molecule is COc1ccc(-c2cccc(C(C)(C)C)c2)cn1. The minimum Gasteiger partial charge on any atom is -0.481 e. The van der Waals surface area contributed by atoms with Gasteiger partial charge >= 0.3 is 0 Å². The summed E-state index contributed by atoms with van der Waals surface area (Å²) < 4.78 is 5.07. The summed E-state index contributed by atoms with van der Waals surface area (Å²) in [5.74, 6) is 0.644. The largest absolute Gasteiger partial charge is 0.481 e. The molecule has 1 aromatic carbocycles. The predicted molar refractivity (Wildman–Crippen MR) is 74.9 cm³/mol. The molecule has 0 N–H and O–H groups in total. The Morgan fingerprint density at radius 2 is 1.78 bits per heavy atom. The highest BCUT2D eigenvalue weighted by Gasteiger charge is 2.13. The number of benzene rings is 1. The van der Waals surface area contributed by atoms with Crippen LogP contribution in [0, 0.1) is 0 Å². The minimum absolute atomic E-state index is 0.163. The van der Waals surface area contributed by atoms with E-state index in [1.807, 2.05) is 18.3 Å². The van der Waals surface area contributed by atoms with Crippen LogP contribution in [0.5, 0.6) is 5.88 Å². The van der Waals surface area contributed by atoms with Gasteiger partial charge in [0.15, 0.2) is 0 Å². The van der Waals surface area contributed by atoms with Crippen LogP contribution in [0.1, 0.15) is 26.3 Å². The van der Waals surface area contributed by atoms with Crippen molar-refractivity contribution in [2.45, 2.75) is 26.2 Å². The third kappa shape index (κ3) is 2.70. The molecule has 0 unspecified atom stereocenters. The van der Waals surface area contributed by atoms with Crippen LogP contribution in [0.15, 0.2) is 42.6 Å². The summed E-state index contributed by atoms with van der Waals surface area (Å²) in [5.41, 5.74) is 3.80. The molecule has 0 fully saturated rings. The van der Waals surface area contributed by atoms with Crippen LogP contribution >= 0.6 is 0 Å². The van der Waals surface area contributed by atoms with Gasteiger partial charge in [-0.3, -0.25) is 0 Å². The van der Waals surface area contributed by atoms with Gasteiger partial charge in [0.25, 0.3) is 0 Å². The predicted octanol–water partition coefficient (Wildman–Crippen LogP) is 4.05. The van der Waals surface area contributed by atoms with Gasteiger partial charge in [-0.15, -0.1) is 0 Å². The molecule has 0 aliphatic rings. The first kappa shape index (κ1) is 12.6. The lowest BCUT2D eigenvalue weighted by Gasteiger charge is -2.19. The number of rotatable bonds is 2. The number of pyridine rings is 1. The molecular weight excluding hydrogens is 222 g/mol. The molecule has 2 nitrogen and oxygen atoms in total. The average Bonchev–Trinajstić information content (AvgIpc) is 2.38. The van der Waals surface area contributed by atoms with Crippen LogP contribution in [0.2, 0.25) is 0 Å². The molecule has 0 saturated heterocycles. The van der Waals surface area contributed by atoms with E-state index in [1.54, 1.807) is 7.11 Å². The van der Waals surface area contributed by atoms with Crippen molar-refractivity contribution in [1.29, 1.82) is 0 Å². The monoisotopic (exact) mass is 241 g/mol. The summed E-state index contributed by atoms with van der Waals surface area (Å²) in [4.78, 5) is 4.24. The maximum atomic E-state index is 5.07. The van der Waals surface area contributed by atoms with Gasteiger partial charge in [-0.25, -0.2) is 4.98 Å². The minimum atomic E-state index is 0.163. The molecule has 0 atom stereocenters. The van der Waals surface area contributed by atoms with Gasteiger partial charge in [0.2, 0.25) is 5.88 Å². The molecule has 0 bridgehead atoms. The molecule has 0 amide bonds. The number of aromatic nitrogens is 1. The molecule has 0 saturated carbocycles.